The highest BCUT2D eigenvalue weighted by Gasteiger charge is 2.20. The largest absolute Gasteiger partial charge is 0.348 e. The van der Waals surface area contributed by atoms with Gasteiger partial charge in [0.05, 0.1) is 0 Å². The molecule has 2 N–H and O–H groups in total. The van der Waals surface area contributed by atoms with E-state index in [0.717, 1.165) is 36.1 Å². The monoisotopic (exact) mass is 246 g/mol. The van der Waals surface area contributed by atoms with Crippen LogP contribution in [0.25, 0.3) is 0 Å². The predicted octanol–water partition coefficient (Wildman–Crippen LogP) is 2.17. The summed E-state index contributed by atoms with van der Waals surface area (Å²) < 4.78 is 0. The van der Waals surface area contributed by atoms with Gasteiger partial charge in [-0.25, -0.2) is 0 Å². The van der Waals surface area contributed by atoms with Gasteiger partial charge in [-0.3, -0.25) is 4.79 Å². The lowest BCUT2D eigenvalue weighted by Crippen LogP contribution is -2.48. The van der Waals surface area contributed by atoms with Crippen LogP contribution in [0.5, 0.6) is 0 Å². The lowest BCUT2D eigenvalue weighted by atomic mass is 10.0. The minimum Gasteiger partial charge on any atom is -0.348 e. The van der Waals surface area contributed by atoms with Crippen LogP contribution in [0, 0.1) is 13.8 Å². The molecule has 1 amide bonds. The Morgan fingerprint density at radius 2 is 2.11 bits per heavy atom. The molecule has 1 aromatic rings. The van der Waals surface area contributed by atoms with Crippen LogP contribution in [0.1, 0.15) is 41.3 Å². The van der Waals surface area contributed by atoms with Crippen LogP contribution in [-0.2, 0) is 0 Å². The van der Waals surface area contributed by atoms with Gasteiger partial charge < -0.3 is 10.6 Å². The van der Waals surface area contributed by atoms with Crippen molar-refractivity contribution in [2.45, 2.75) is 45.7 Å². The molecule has 3 heteroatoms. The molecule has 1 aliphatic rings. The van der Waals surface area contributed by atoms with Gasteiger partial charge in [-0.15, -0.1) is 0 Å². The van der Waals surface area contributed by atoms with Crippen molar-refractivity contribution < 1.29 is 4.79 Å². The van der Waals surface area contributed by atoms with E-state index < -0.39 is 0 Å². The van der Waals surface area contributed by atoms with Crippen molar-refractivity contribution >= 4 is 5.91 Å². The van der Waals surface area contributed by atoms with Crippen molar-refractivity contribution in [1.82, 2.24) is 10.6 Å². The fraction of sp³-hybridized carbons (Fsp3) is 0.533. The summed E-state index contributed by atoms with van der Waals surface area (Å²) in [5, 5.41) is 6.52. The number of rotatable bonds is 2. The molecule has 0 aromatic heterocycles. The molecule has 2 unspecified atom stereocenters. The van der Waals surface area contributed by atoms with E-state index in [0.29, 0.717) is 6.04 Å². The minimum atomic E-state index is 0.0533. The third kappa shape index (κ3) is 3.10. The Bertz CT molecular complexity index is 434. The maximum Gasteiger partial charge on any atom is 0.251 e. The molecule has 1 fully saturated rings. The maximum atomic E-state index is 12.2. The Hall–Kier alpha value is -1.35. The summed E-state index contributed by atoms with van der Waals surface area (Å²) in [5.74, 6) is 0.0533. The highest BCUT2D eigenvalue weighted by atomic mass is 16.1. The summed E-state index contributed by atoms with van der Waals surface area (Å²) in [7, 11) is 0. The minimum absolute atomic E-state index is 0.0533. The molecule has 2 rings (SSSR count). The molecule has 0 saturated carbocycles. The fourth-order valence-electron chi connectivity index (χ4n) is 2.37. The van der Waals surface area contributed by atoms with Crippen molar-refractivity contribution in [2.24, 2.45) is 0 Å². The molecule has 0 spiro atoms. The van der Waals surface area contributed by atoms with Crippen LogP contribution in [0.15, 0.2) is 18.2 Å². The highest BCUT2D eigenvalue weighted by molar-refractivity contribution is 5.96. The summed E-state index contributed by atoms with van der Waals surface area (Å²) in [4.78, 5) is 12.2. The van der Waals surface area contributed by atoms with Gasteiger partial charge in [-0.1, -0.05) is 17.7 Å². The molecule has 2 atom stereocenters. The number of piperidine rings is 1. The first-order valence-electron chi connectivity index (χ1n) is 6.68. The Morgan fingerprint density at radius 3 is 2.78 bits per heavy atom. The number of nitrogens with one attached hydrogen (secondary N) is 2. The zero-order valence-corrected chi connectivity index (χ0v) is 11.4. The standard InChI is InChI=1S/C15H22N2O/c1-10-4-5-11(2)14(8-10)15(18)17-13-7-6-12(3)16-9-13/h4-5,8,12-13,16H,6-7,9H2,1-3H3,(H,17,18). The van der Waals surface area contributed by atoms with Crippen LogP contribution in [0.4, 0.5) is 0 Å². The first-order valence-corrected chi connectivity index (χ1v) is 6.68. The highest BCUT2D eigenvalue weighted by Crippen LogP contribution is 2.12. The lowest BCUT2D eigenvalue weighted by molar-refractivity contribution is 0.0927. The van der Waals surface area contributed by atoms with Gasteiger partial charge in [-0.05, 0) is 45.2 Å². The van der Waals surface area contributed by atoms with Gasteiger partial charge in [0.15, 0.2) is 0 Å². The number of hydrogen-bond acceptors (Lipinski definition) is 2. The first-order chi connectivity index (χ1) is 8.56. The Kier molecular flexibility index (Phi) is 4.02. The number of aryl methyl sites for hydroxylation is 2. The van der Waals surface area contributed by atoms with E-state index in [1.807, 2.05) is 32.0 Å². The van der Waals surface area contributed by atoms with Crippen molar-refractivity contribution in [3.05, 3.63) is 34.9 Å². The predicted molar refractivity (Wildman–Crippen MR) is 73.9 cm³/mol. The molecule has 1 aliphatic heterocycles. The molecule has 3 nitrogen and oxygen atoms in total. The summed E-state index contributed by atoms with van der Waals surface area (Å²) in [5.41, 5.74) is 2.96. The third-order valence-electron chi connectivity index (χ3n) is 3.63. The van der Waals surface area contributed by atoms with E-state index in [1.54, 1.807) is 0 Å². The van der Waals surface area contributed by atoms with Crippen molar-refractivity contribution in [2.75, 3.05) is 6.54 Å². The molecule has 18 heavy (non-hydrogen) atoms. The summed E-state index contributed by atoms with van der Waals surface area (Å²) in [6, 6.07) is 6.83. The average Bonchev–Trinajstić information content (AvgIpc) is 2.35. The molecule has 1 saturated heterocycles. The van der Waals surface area contributed by atoms with Crippen molar-refractivity contribution in [3.8, 4) is 0 Å². The SMILES string of the molecule is Cc1ccc(C)c(C(=O)NC2CCC(C)NC2)c1. The normalized spacial score (nSPS) is 23.7. The second kappa shape index (κ2) is 5.53. The van der Waals surface area contributed by atoms with Gasteiger partial charge in [0.2, 0.25) is 0 Å². The molecule has 0 aliphatic carbocycles. The van der Waals surface area contributed by atoms with E-state index >= 15 is 0 Å². The maximum absolute atomic E-state index is 12.2. The van der Waals surface area contributed by atoms with Crippen LogP contribution in [0.2, 0.25) is 0 Å². The molecule has 98 valence electrons. The third-order valence-corrected chi connectivity index (χ3v) is 3.63. The summed E-state index contributed by atoms with van der Waals surface area (Å²) in [6.07, 6.45) is 2.18. The van der Waals surface area contributed by atoms with Gasteiger partial charge in [-0.2, -0.15) is 0 Å². The number of carbonyl (C=O) groups excluding carboxylic acids is 1. The van der Waals surface area contributed by atoms with Crippen molar-refractivity contribution in [1.29, 1.82) is 0 Å². The Balaban J connectivity index is 2.01. The van der Waals surface area contributed by atoms with E-state index in [-0.39, 0.29) is 11.9 Å². The van der Waals surface area contributed by atoms with Gasteiger partial charge in [0.25, 0.3) is 5.91 Å². The molecule has 0 bridgehead atoms. The molecule has 0 radical (unpaired) electrons. The second-order valence-corrected chi connectivity index (χ2v) is 5.38. The van der Waals surface area contributed by atoms with Crippen LogP contribution in [0.3, 0.4) is 0 Å². The fourth-order valence-corrected chi connectivity index (χ4v) is 2.37. The Labute approximate surface area is 109 Å². The quantitative estimate of drug-likeness (QED) is 0.839. The topological polar surface area (TPSA) is 41.1 Å². The smallest absolute Gasteiger partial charge is 0.251 e. The van der Waals surface area contributed by atoms with E-state index in [2.05, 4.69) is 17.6 Å². The molecular formula is C15H22N2O. The van der Waals surface area contributed by atoms with Gasteiger partial charge >= 0.3 is 0 Å². The van der Waals surface area contributed by atoms with Crippen molar-refractivity contribution in [3.63, 3.8) is 0 Å². The van der Waals surface area contributed by atoms with E-state index in [4.69, 9.17) is 0 Å². The van der Waals surface area contributed by atoms with E-state index in [9.17, 15) is 4.79 Å². The van der Waals surface area contributed by atoms with Gasteiger partial charge in [0.1, 0.15) is 0 Å². The number of hydrogen-bond donors (Lipinski definition) is 2. The molecule has 1 heterocycles. The summed E-state index contributed by atoms with van der Waals surface area (Å²) in [6.45, 7) is 7.05. The second-order valence-electron chi connectivity index (χ2n) is 5.38. The first kappa shape index (κ1) is 13.1. The van der Waals surface area contributed by atoms with Gasteiger partial charge in [0, 0.05) is 24.2 Å². The van der Waals surface area contributed by atoms with Crippen LogP contribution >= 0.6 is 0 Å². The Morgan fingerprint density at radius 1 is 1.33 bits per heavy atom. The zero-order valence-electron chi connectivity index (χ0n) is 11.4. The lowest BCUT2D eigenvalue weighted by Gasteiger charge is -2.28. The molecule has 1 aromatic carbocycles. The molecular weight excluding hydrogens is 224 g/mol. The van der Waals surface area contributed by atoms with E-state index in [1.165, 1.54) is 0 Å². The number of benzene rings is 1. The summed E-state index contributed by atoms with van der Waals surface area (Å²) >= 11 is 0. The van der Waals surface area contributed by atoms with Crippen LogP contribution in [-0.4, -0.2) is 24.5 Å². The average molecular weight is 246 g/mol. The van der Waals surface area contributed by atoms with Crippen LogP contribution < -0.4 is 10.6 Å². The zero-order chi connectivity index (χ0) is 13.1. The number of carbonyl (C=O) groups is 1. The number of amides is 1.